The van der Waals surface area contributed by atoms with Crippen molar-refractivity contribution >= 4 is 34.0 Å². The molecule has 0 unspecified atom stereocenters. The predicted octanol–water partition coefficient (Wildman–Crippen LogP) is 7.12. The van der Waals surface area contributed by atoms with E-state index in [0.717, 1.165) is 44.4 Å². The number of fused-ring (bicyclic) bond motifs is 2. The minimum Gasteiger partial charge on any atom is -0.479 e. The standard InChI is InChI=1S/C29H26ClN3O3/c1-17-15-20-16-19(25-27-32-12-14-33(27)13-11-31-25)7-10-22(20)24(18-5-8-21(30)9-6-18)23(17)26(28(34)35)36-29(2,3)4/h5-16,26H,1-4H3,(H,34,35)/t26-/m0/s1. The van der Waals surface area contributed by atoms with Crippen LogP contribution in [0.4, 0.5) is 0 Å². The molecule has 1 N–H and O–H groups in total. The van der Waals surface area contributed by atoms with Crippen LogP contribution in [0.5, 0.6) is 0 Å². The molecule has 0 fully saturated rings. The molecule has 0 radical (unpaired) electrons. The zero-order valence-electron chi connectivity index (χ0n) is 20.5. The lowest BCUT2D eigenvalue weighted by atomic mass is 9.86. The number of carbonyl (C=O) groups is 1. The molecule has 5 aromatic rings. The number of carboxylic acid groups (broad SMARTS) is 1. The van der Waals surface area contributed by atoms with Gasteiger partial charge in [-0.1, -0.05) is 41.9 Å². The summed E-state index contributed by atoms with van der Waals surface area (Å²) in [5.74, 6) is -1.03. The van der Waals surface area contributed by atoms with Crippen molar-refractivity contribution < 1.29 is 14.6 Å². The van der Waals surface area contributed by atoms with Crippen LogP contribution in [0.3, 0.4) is 0 Å². The van der Waals surface area contributed by atoms with E-state index >= 15 is 0 Å². The second kappa shape index (κ2) is 9.04. The second-order valence-electron chi connectivity index (χ2n) is 9.81. The number of imidazole rings is 1. The fourth-order valence-corrected chi connectivity index (χ4v) is 4.75. The molecule has 6 nitrogen and oxygen atoms in total. The minimum atomic E-state index is -1.14. The minimum absolute atomic E-state index is 0.610. The highest BCUT2D eigenvalue weighted by Crippen LogP contribution is 2.41. The van der Waals surface area contributed by atoms with Gasteiger partial charge in [0.15, 0.2) is 11.8 Å². The lowest BCUT2D eigenvalue weighted by molar-refractivity contribution is -0.160. The maximum absolute atomic E-state index is 12.5. The van der Waals surface area contributed by atoms with E-state index in [9.17, 15) is 9.90 Å². The quantitative estimate of drug-likeness (QED) is 0.278. The lowest BCUT2D eigenvalue weighted by Gasteiger charge is -2.28. The molecule has 2 heterocycles. The first-order valence-electron chi connectivity index (χ1n) is 11.6. The molecule has 36 heavy (non-hydrogen) atoms. The van der Waals surface area contributed by atoms with Crippen molar-refractivity contribution in [1.82, 2.24) is 14.4 Å². The zero-order valence-corrected chi connectivity index (χ0v) is 21.2. The number of hydrogen-bond donors (Lipinski definition) is 1. The van der Waals surface area contributed by atoms with Gasteiger partial charge in [-0.15, -0.1) is 0 Å². The SMILES string of the molecule is Cc1cc2cc(-c3nccn4ccnc34)ccc2c(-c2ccc(Cl)cc2)c1[C@H](OC(C)(C)C)C(=O)O. The Hall–Kier alpha value is -3.74. The van der Waals surface area contributed by atoms with Crippen LogP contribution in [0, 0.1) is 6.92 Å². The summed E-state index contributed by atoms with van der Waals surface area (Å²) in [4.78, 5) is 21.5. The molecule has 2 aromatic heterocycles. The molecule has 1 atom stereocenters. The first-order valence-corrected chi connectivity index (χ1v) is 12.0. The maximum atomic E-state index is 12.5. The Kier molecular flexibility index (Phi) is 6.02. The lowest BCUT2D eigenvalue weighted by Crippen LogP contribution is -2.28. The normalized spacial score (nSPS) is 12.8. The molecule has 0 bridgehead atoms. The average molecular weight is 500 g/mol. The molecule has 0 saturated carbocycles. The fourth-order valence-electron chi connectivity index (χ4n) is 4.62. The number of halogens is 1. The second-order valence-corrected chi connectivity index (χ2v) is 10.2. The van der Waals surface area contributed by atoms with Crippen LogP contribution >= 0.6 is 11.6 Å². The Labute approximate surface area is 214 Å². The fraction of sp³-hybridized carbons (Fsp3) is 0.207. The largest absolute Gasteiger partial charge is 0.479 e. The van der Waals surface area contributed by atoms with Crippen LogP contribution in [0.2, 0.25) is 5.02 Å². The highest BCUT2D eigenvalue weighted by molar-refractivity contribution is 6.30. The summed E-state index contributed by atoms with van der Waals surface area (Å²) in [6, 6.07) is 15.6. The molecule has 5 rings (SSSR count). The van der Waals surface area contributed by atoms with Crippen LogP contribution in [0.25, 0.3) is 38.8 Å². The highest BCUT2D eigenvalue weighted by Gasteiger charge is 2.31. The smallest absolute Gasteiger partial charge is 0.337 e. The summed E-state index contributed by atoms with van der Waals surface area (Å²) in [6.07, 6.45) is 6.11. The first-order chi connectivity index (χ1) is 17.1. The molecule has 7 heteroatoms. The molecular weight excluding hydrogens is 474 g/mol. The van der Waals surface area contributed by atoms with Gasteiger partial charge in [-0.25, -0.2) is 9.78 Å². The Morgan fingerprint density at radius 3 is 2.33 bits per heavy atom. The number of ether oxygens (including phenoxy) is 1. The molecule has 0 aliphatic rings. The van der Waals surface area contributed by atoms with Crippen molar-refractivity contribution in [2.75, 3.05) is 0 Å². The third-order valence-electron chi connectivity index (χ3n) is 6.06. The van der Waals surface area contributed by atoms with Crippen molar-refractivity contribution in [1.29, 1.82) is 0 Å². The Morgan fingerprint density at radius 1 is 1.00 bits per heavy atom. The molecule has 0 saturated heterocycles. The van der Waals surface area contributed by atoms with Gasteiger partial charge in [-0.05, 0) is 73.4 Å². The number of aliphatic carboxylic acids is 1. The van der Waals surface area contributed by atoms with Gasteiger partial charge >= 0.3 is 5.97 Å². The summed E-state index contributed by atoms with van der Waals surface area (Å²) in [5, 5.41) is 12.7. The molecular formula is C29H26ClN3O3. The first kappa shape index (κ1) is 24.0. The van der Waals surface area contributed by atoms with Crippen LogP contribution in [0.15, 0.2) is 73.3 Å². The van der Waals surface area contributed by atoms with Crippen molar-refractivity contribution in [3.8, 4) is 22.4 Å². The summed E-state index contributed by atoms with van der Waals surface area (Å²) >= 11 is 6.18. The summed E-state index contributed by atoms with van der Waals surface area (Å²) < 4.78 is 8.02. The number of benzene rings is 3. The number of carboxylic acids is 1. The Balaban J connectivity index is 1.79. The monoisotopic (exact) mass is 499 g/mol. The molecule has 0 amide bonds. The number of hydrogen-bond acceptors (Lipinski definition) is 4. The zero-order chi connectivity index (χ0) is 25.6. The molecule has 0 spiro atoms. The van der Waals surface area contributed by atoms with Gasteiger partial charge in [0, 0.05) is 40.9 Å². The van der Waals surface area contributed by atoms with Crippen LogP contribution in [0.1, 0.15) is 38.0 Å². The maximum Gasteiger partial charge on any atom is 0.337 e. The predicted molar refractivity (Wildman–Crippen MR) is 142 cm³/mol. The molecule has 0 aliphatic heterocycles. The van der Waals surface area contributed by atoms with E-state index in [1.165, 1.54) is 0 Å². The summed E-state index contributed by atoms with van der Waals surface area (Å²) in [6.45, 7) is 7.50. The number of aromatic nitrogens is 3. The summed E-state index contributed by atoms with van der Waals surface area (Å²) in [5.41, 5.74) is 4.97. The third kappa shape index (κ3) is 4.45. The van der Waals surface area contributed by atoms with E-state index in [0.29, 0.717) is 10.6 Å². The highest BCUT2D eigenvalue weighted by atomic mass is 35.5. The Morgan fingerprint density at radius 2 is 1.67 bits per heavy atom. The summed E-state index contributed by atoms with van der Waals surface area (Å²) in [7, 11) is 0. The van der Waals surface area contributed by atoms with Crippen LogP contribution in [-0.2, 0) is 9.53 Å². The van der Waals surface area contributed by atoms with Crippen molar-refractivity contribution in [3.05, 3.63) is 89.5 Å². The Bertz CT molecular complexity index is 1600. The van der Waals surface area contributed by atoms with E-state index in [-0.39, 0.29) is 0 Å². The van der Waals surface area contributed by atoms with E-state index in [2.05, 4.69) is 16.0 Å². The molecule has 3 aromatic carbocycles. The third-order valence-corrected chi connectivity index (χ3v) is 6.31. The van der Waals surface area contributed by atoms with Gasteiger partial charge < -0.3 is 14.2 Å². The van der Waals surface area contributed by atoms with E-state index < -0.39 is 17.7 Å². The number of rotatable bonds is 5. The van der Waals surface area contributed by atoms with Crippen molar-refractivity contribution in [3.63, 3.8) is 0 Å². The van der Waals surface area contributed by atoms with Crippen LogP contribution in [-0.4, -0.2) is 31.0 Å². The van der Waals surface area contributed by atoms with E-state index in [1.807, 2.05) is 87.0 Å². The van der Waals surface area contributed by atoms with Gasteiger partial charge in [0.2, 0.25) is 0 Å². The van der Waals surface area contributed by atoms with Gasteiger partial charge in [-0.3, -0.25) is 4.98 Å². The molecule has 0 aliphatic carbocycles. The number of nitrogens with zero attached hydrogens (tertiary/aromatic N) is 3. The van der Waals surface area contributed by atoms with Gasteiger partial charge in [-0.2, -0.15) is 0 Å². The topological polar surface area (TPSA) is 76.7 Å². The van der Waals surface area contributed by atoms with Crippen molar-refractivity contribution in [2.24, 2.45) is 0 Å². The van der Waals surface area contributed by atoms with Gasteiger partial charge in [0.1, 0.15) is 5.69 Å². The van der Waals surface area contributed by atoms with E-state index in [1.54, 1.807) is 12.4 Å². The van der Waals surface area contributed by atoms with Crippen molar-refractivity contribution in [2.45, 2.75) is 39.4 Å². The van der Waals surface area contributed by atoms with Crippen LogP contribution < -0.4 is 0 Å². The van der Waals surface area contributed by atoms with Gasteiger partial charge in [0.05, 0.1) is 5.60 Å². The molecule has 182 valence electrons. The van der Waals surface area contributed by atoms with E-state index in [4.69, 9.17) is 16.3 Å². The average Bonchev–Trinajstić information content (AvgIpc) is 3.31. The number of aryl methyl sites for hydroxylation is 1. The van der Waals surface area contributed by atoms with Gasteiger partial charge in [0.25, 0.3) is 0 Å².